The summed E-state index contributed by atoms with van der Waals surface area (Å²) in [6.45, 7) is 1.18. The first-order valence-electron chi connectivity index (χ1n) is 2.51. The molecule has 0 saturated carbocycles. The summed E-state index contributed by atoms with van der Waals surface area (Å²) < 4.78 is 0. The van der Waals surface area contributed by atoms with Crippen molar-refractivity contribution in [2.24, 2.45) is 10.9 Å². The van der Waals surface area contributed by atoms with Gasteiger partial charge in [-0.05, 0) is 0 Å². The van der Waals surface area contributed by atoms with Crippen LogP contribution in [0, 0.1) is 0 Å². The van der Waals surface area contributed by atoms with E-state index in [0.717, 1.165) is 0 Å². The van der Waals surface area contributed by atoms with Gasteiger partial charge in [0.1, 0.15) is 7.11 Å². The van der Waals surface area contributed by atoms with Crippen molar-refractivity contribution in [2.75, 3.05) is 7.11 Å². The Bertz CT molecular complexity index is 169. The van der Waals surface area contributed by atoms with Crippen LogP contribution in [0.25, 0.3) is 0 Å². The molecule has 0 unspecified atom stereocenters. The third kappa shape index (κ3) is 2.25. The largest absolute Gasteiger partial charge is 0.398 e. The van der Waals surface area contributed by atoms with Crippen LogP contribution in [0.2, 0.25) is 0 Å². The fourth-order valence-corrected chi connectivity index (χ4v) is 0.374. The summed E-state index contributed by atoms with van der Waals surface area (Å²) in [6.07, 6.45) is 0. The van der Waals surface area contributed by atoms with E-state index in [9.17, 15) is 9.59 Å². The number of nitrogens with zero attached hydrogens (tertiary/aromatic N) is 1. The molecule has 0 aliphatic heterocycles. The minimum atomic E-state index is -0.880. The molecule has 0 saturated heterocycles. The van der Waals surface area contributed by atoms with Gasteiger partial charge in [0.15, 0.2) is 5.78 Å². The van der Waals surface area contributed by atoms with Gasteiger partial charge in [0, 0.05) is 6.92 Å². The standard InChI is InChI=1S/C5H8N2O3/c1-3(8)4(5(6)9)7-10-2/h1-2H3,(H2,6,9). The molecule has 0 aliphatic rings. The summed E-state index contributed by atoms with van der Waals surface area (Å²) in [5.74, 6) is -1.39. The van der Waals surface area contributed by atoms with Crippen molar-refractivity contribution in [3.8, 4) is 0 Å². The fraction of sp³-hybridized carbons (Fsp3) is 0.400. The van der Waals surface area contributed by atoms with Crippen LogP contribution in [0.4, 0.5) is 0 Å². The van der Waals surface area contributed by atoms with Crippen LogP contribution in [0.5, 0.6) is 0 Å². The smallest absolute Gasteiger partial charge is 0.274 e. The number of carbonyl (C=O) groups excluding carboxylic acids is 2. The number of carbonyl (C=O) groups is 2. The summed E-state index contributed by atoms with van der Waals surface area (Å²) in [4.78, 5) is 25.0. The first-order valence-corrected chi connectivity index (χ1v) is 2.51. The zero-order valence-corrected chi connectivity index (χ0v) is 5.75. The molecule has 2 N–H and O–H groups in total. The summed E-state index contributed by atoms with van der Waals surface area (Å²) in [5, 5.41) is 3.12. The molecule has 1 amide bonds. The van der Waals surface area contributed by atoms with Gasteiger partial charge in [-0.25, -0.2) is 0 Å². The van der Waals surface area contributed by atoms with Crippen LogP contribution in [-0.2, 0) is 14.4 Å². The number of primary amides is 1. The lowest BCUT2D eigenvalue weighted by Gasteiger charge is -1.93. The number of nitrogens with two attached hydrogens (primary N) is 1. The molecule has 0 aromatic rings. The fourth-order valence-electron chi connectivity index (χ4n) is 0.374. The van der Waals surface area contributed by atoms with E-state index in [1.807, 2.05) is 0 Å². The number of hydrogen-bond acceptors (Lipinski definition) is 4. The van der Waals surface area contributed by atoms with Crippen molar-refractivity contribution >= 4 is 17.4 Å². The average Bonchev–Trinajstić information content (AvgIpc) is 1.81. The zero-order chi connectivity index (χ0) is 8.15. The van der Waals surface area contributed by atoms with E-state index in [1.165, 1.54) is 14.0 Å². The molecule has 0 aromatic heterocycles. The molecule has 5 heteroatoms. The number of Topliss-reactive ketones (excluding diaryl/α,β-unsaturated/α-hetero) is 1. The Balaban J connectivity index is 4.42. The lowest BCUT2D eigenvalue weighted by molar-refractivity contribution is -0.115. The van der Waals surface area contributed by atoms with E-state index in [-0.39, 0.29) is 5.71 Å². The monoisotopic (exact) mass is 144 g/mol. The van der Waals surface area contributed by atoms with E-state index in [0.29, 0.717) is 0 Å². The van der Waals surface area contributed by atoms with Gasteiger partial charge in [-0.2, -0.15) is 0 Å². The number of amides is 1. The Morgan fingerprint density at radius 2 is 2.00 bits per heavy atom. The molecule has 10 heavy (non-hydrogen) atoms. The normalized spacial score (nSPS) is 10.8. The van der Waals surface area contributed by atoms with Gasteiger partial charge < -0.3 is 10.6 Å². The minimum Gasteiger partial charge on any atom is -0.398 e. The molecule has 0 aromatic carbocycles. The first kappa shape index (κ1) is 8.61. The molecule has 0 atom stereocenters. The van der Waals surface area contributed by atoms with Crippen LogP contribution in [0.15, 0.2) is 5.16 Å². The van der Waals surface area contributed by atoms with Gasteiger partial charge in [0.25, 0.3) is 5.91 Å². The number of rotatable bonds is 3. The summed E-state index contributed by atoms with van der Waals surface area (Å²) >= 11 is 0. The predicted molar refractivity (Wildman–Crippen MR) is 34.3 cm³/mol. The van der Waals surface area contributed by atoms with Gasteiger partial charge in [-0.3, -0.25) is 9.59 Å². The maximum atomic E-state index is 10.5. The molecule has 0 aliphatic carbocycles. The molecular formula is C5H8N2O3. The second-order valence-electron chi connectivity index (χ2n) is 1.54. The molecular weight excluding hydrogens is 136 g/mol. The molecule has 0 bridgehead atoms. The highest BCUT2D eigenvalue weighted by Crippen LogP contribution is 1.80. The van der Waals surface area contributed by atoms with Gasteiger partial charge in [0.2, 0.25) is 5.71 Å². The van der Waals surface area contributed by atoms with Gasteiger partial charge in [-0.15, -0.1) is 0 Å². The van der Waals surface area contributed by atoms with Crippen molar-refractivity contribution in [1.29, 1.82) is 0 Å². The second kappa shape index (κ2) is 3.60. The Kier molecular flexibility index (Phi) is 3.10. The third-order valence-electron chi connectivity index (χ3n) is 0.749. The average molecular weight is 144 g/mol. The third-order valence-corrected chi connectivity index (χ3v) is 0.749. The molecule has 0 rings (SSSR count). The maximum Gasteiger partial charge on any atom is 0.274 e. The Morgan fingerprint density at radius 3 is 2.10 bits per heavy atom. The minimum absolute atomic E-state index is 0.373. The number of ketones is 1. The quantitative estimate of drug-likeness (QED) is 0.315. The topological polar surface area (TPSA) is 81.8 Å². The highest BCUT2D eigenvalue weighted by atomic mass is 16.6. The Hall–Kier alpha value is -1.39. The highest BCUT2D eigenvalue weighted by molar-refractivity contribution is 6.64. The lowest BCUT2D eigenvalue weighted by atomic mass is 10.3. The van der Waals surface area contributed by atoms with Crippen molar-refractivity contribution in [1.82, 2.24) is 0 Å². The van der Waals surface area contributed by atoms with Crippen LogP contribution in [0.3, 0.4) is 0 Å². The number of oxime groups is 1. The van der Waals surface area contributed by atoms with Crippen LogP contribution in [-0.4, -0.2) is 24.5 Å². The molecule has 0 spiro atoms. The summed E-state index contributed by atoms with van der Waals surface area (Å²) in [5.41, 5.74) is 4.38. The van der Waals surface area contributed by atoms with Crippen molar-refractivity contribution in [3.05, 3.63) is 0 Å². The summed E-state index contributed by atoms with van der Waals surface area (Å²) in [6, 6.07) is 0. The van der Waals surface area contributed by atoms with Crippen molar-refractivity contribution in [2.45, 2.75) is 6.92 Å². The van der Waals surface area contributed by atoms with E-state index in [2.05, 4.69) is 9.99 Å². The Morgan fingerprint density at radius 1 is 1.50 bits per heavy atom. The zero-order valence-electron chi connectivity index (χ0n) is 5.75. The van der Waals surface area contributed by atoms with E-state index in [4.69, 9.17) is 5.73 Å². The predicted octanol–water partition coefficient (Wildman–Crippen LogP) is -0.937. The molecule has 0 radical (unpaired) electrons. The molecule has 56 valence electrons. The van der Waals surface area contributed by atoms with Gasteiger partial charge in [0.05, 0.1) is 0 Å². The van der Waals surface area contributed by atoms with Crippen molar-refractivity contribution < 1.29 is 14.4 Å². The van der Waals surface area contributed by atoms with Crippen LogP contribution >= 0.6 is 0 Å². The van der Waals surface area contributed by atoms with Crippen LogP contribution in [0.1, 0.15) is 6.92 Å². The first-order chi connectivity index (χ1) is 4.59. The molecule has 5 nitrogen and oxygen atoms in total. The molecule has 0 fully saturated rings. The lowest BCUT2D eigenvalue weighted by Crippen LogP contribution is -2.29. The molecule has 0 heterocycles. The van der Waals surface area contributed by atoms with Crippen molar-refractivity contribution in [3.63, 3.8) is 0 Å². The number of hydrogen-bond donors (Lipinski definition) is 1. The van der Waals surface area contributed by atoms with E-state index in [1.54, 1.807) is 0 Å². The Labute approximate surface area is 57.8 Å². The summed E-state index contributed by atoms with van der Waals surface area (Å²) in [7, 11) is 1.23. The van der Waals surface area contributed by atoms with Crippen LogP contribution < -0.4 is 5.73 Å². The van der Waals surface area contributed by atoms with E-state index < -0.39 is 11.7 Å². The van der Waals surface area contributed by atoms with Gasteiger partial charge in [-0.1, -0.05) is 5.16 Å². The SMILES string of the molecule is CON=C(C(C)=O)C(N)=O. The van der Waals surface area contributed by atoms with Gasteiger partial charge >= 0.3 is 0 Å². The maximum absolute atomic E-state index is 10.5. The highest BCUT2D eigenvalue weighted by Gasteiger charge is 2.12. The second-order valence-corrected chi connectivity index (χ2v) is 1.54. The van der Waals surface area contributed by atoms with E-state index >= 15 is 0 Å².